The molecule has 0 fully saturated rings. The molecule has 0 bridgehead atoms. The summed E-state index contributed by atoms with van der Waals surface area (Å²) in [7, 11) is 1.64. The summed E-state index contributed by atoms with van der Waals surface area (Å²) in [5, 5.41) is 6.26. The number of nitrogens with zero attached hydrogens (tertiary/aromatic N) is 1. The molecule has 9 heteroatoms. The van der Waals surface area contributed by atoms with E-state index in [1.807, 2.05) is 13.0 Å². The summed E-state index contributed by atoms with van der Waals surface area (Å²) in [5.41, 5.74) is 1.47. The molecule has 2 N–H and O–H groups in total. The minimum Gasteiger partial charge on any atom is -0.484 e. The number of ether oxygens (including phenoxy) is 2. The van der Waals surface area contributed by atoms with Gasteiger partial charge in [0, 0.05) is 38.9 Å². The van der Waals surface area contributed by atoms with Gasteiger partial charge in [-0.1, -0.05) is 12.1 Å². The third kappa shape index (κ3) is 12.0. The average Bonchev–Trinajstić information content (AvgIpc) is 2.59. The Morgan fingerprint density at radius 1 is 1.19 bits per heavy atom. The highest BCUT2D eigenvalue weighted by molar-refractivity contribution is 14.0. The van der Waals surface area contributed by atoms with Crippen LogP contribution < -0.4 is 15.4 Å². The van der Waals surface area contributed by atoms with E-state index in [2.05, 4.69) is 15.6 Å². The number of nitrogens with one attached hydrogen (secondary N) is 2. The first-order valence-electron chi connectivity index (χ1n) is 8.67. The van der Waals surface area contributed by atoms with Crippen molar-refractivity contribution in [2.75, 3.05) is 33.4 Å². The van der Waals surface area contributed by atoms with Crippen molar-refractivity contribution >= 4 is 29.9 Å². The Labute approximate surface area is 176 Å². The van der Waals surface area contributed by atoms with Crippen LogP contribution in [0.5, 0.6) is 5.75 Å². The smallest absolute Gasteiger partial charge is 0.422 e. The summed E-state index contributed by atoms with van der Waals surface area (Å²) in [6.45, 7) is 4.95. The lowest BCUT2D eigenvalue weighted by Crippen LogP contribution is -2.37. The molecule has 0 radical (unpaired) electrons. The normalized spacial score (nSPS) is 11.7. The Kier molecular flexibility index (Phi) is 13.2. The fraction of sp³-hybridized carbons (Fsp3) is 0.611. The van der Waals surface area contributed by atoms with Crippen LogP contribution in [0.25, 0.3) is 0 Å². The Morgan fingerprint density at radius 2 is 1.93 bits per heavy atom. The molecule has 0 aliphatic carbocycles. The molecule has 0 amide bonds. The second-order valence-electron chi connectivity index (χ2n) is 5.77. The molecule has 1 aromatic rings. The molecular formula is C18H29F3IN3O2. The van der Waals surface area contributed by atoms with Gasteiger partial charge in [0.05, 0.1) is 0 Å². The van der Waals surface area contributed by atoms with Crippen molar-refractivity contribution in [1.82, 2.24) is 10.6 Å². The van der Waals surface area contributed by atoms with Crippen molar-refractivity contribution in [3.8, 4) is 5.75 Å². The molecular weight excluding hydrogens is 474 g/mol. The minimum atomic E-state index is -4.37. The SMILES string of the molecule is CCOCCCCNC(=NC)NCc1ccc(C)cc1OCC(F)(F)F.I. The zero-order chi connectivity index (χ0) is 19.4. The largest absolute Gasteiger partial charge is 0.484 e. The van der Waals surface area contributed by atoms with Crippen LogP contribution in [0.3, 0.4) is 0 Å². The van der Waals surface area contributed by atoms with Gasteiger partial charge in [-0.3, -0.25) is 4.99 Å². The average molecular weight is 503 g/mol. The number of hydrogen-bond acceptors (Lipinski definition) is 3. The summed E-state index contributed by atoms with van der Waals surface area (Å²) >= 11 is 0. The zero-order valence-electron chi connectivity index (χ0n) is 16.0. The molecule has 0 spiro atoms. The van der Waals surface area contributed by atoms with Gasteiger partial charge in [0.15, 0.2) is 12.6 Å². The molecule has 1 rings (SSSR count). The number of rotatable bonds is 10. The van der Waals surface area contributed by atoms with Crippen molar-refractivity contribution in [3.05, 3.63) is 29.3 Å². The topological polar surface area (TPSA) is 54.9 Å². The van der Waals surface area contributed by atoms with Gasteiger partial charge >= 0.3 is 6.18 Å². The van der Waals surface area contributed by atoms with Crippen molar-refractivity contribution in [1.29, 1.82) is 0 Å². The number of aliphatic imine (C=N–C) groups is 1. The maximum Gasteiger partial charge on any atom is 0.422 e. The lowest BCUT2D eigenvalue weighted by molar-refractivity contribution is -0.153. The van der Waals surface area contributed by atoms with Crippen LogP contribution in [-0.2, 0) is 11.3 Å². The molecule has 0 aliphatic rings. The van der Waals surface area contributed by atoms with Crippen molar-refractivity contribution in [3.63, 3.8) is 0 Å². The second kappa shape index (κ2) is 13.9. The molecule has 0 atom stereocenters. The van der Waals surface area contributed by atoms with Crippen LogP contribution in [0.15, 0.2) is 23.2 Å². The quantitative estimate of drug-likeness (QED) is 0.219. The van der Waals surface area contributed by atoms with E-state index in [1.54, 1.807) is 26.1 Å². The number of benzene rings is 1. The van der Waals surface area contributed by atoms with Crippen LogP contribution in [0.4, 0.5) is 13.2 Å². The van der Waals surface area contributed by atoms with Crippen LogP contribution in [0.1, 0.15) is 30.9 Å². The molecule has 156 valence electrons. The van der Waals surface area contributed by atoms with E-state index in [-0.39, 0.29) is 29.7 Å². The summed E-state index contributed by atoms with van der Waals surface area (Å²) in [6.07, 6.45) is -2.48. The van der Waals surface area contributed by atoms with E-state index < -0.39 is 12.8 Å². The Bertz CT molecular complexity index is 569. The van der Waals surface area contributed by atoms with Gasteiger partial charge in [-0.15, -0.1) is 24.0 Å². The number of guanidine groups is 1. The number of alkyl halides is 3. The molecule has 0 aliphatic heterocycles. The fourth-order valence-corrected chi connectivity index (χ4v) is 2.18. The lowest BCUT2D eigenvalue weighted by Gasteiger charge is -2.16. The van der Waals surface area contributed by atoms with E-state index >= 15 is 0 Å². The van der Waals surface area contributed by atoms with E-state index in [0.29, 0.717) is 24.7 Å². The summed E-state index contributed by atoms with van der Waals surface area (Å²) in [5.74, 6) is 0.811. The lowest BCUT2D eigenvalue weighted by atomic mass is 10.1. The Morgan fingerprint density at radius 3 is 2.56 bits per heavy atom. The Balaban J connectivity index is 0.00000676. The summed E-state index contributed by atoms with van der Waals surface area (Å²) in [6, 6.07) is 5.19. The highest BCUT2D eigenvalue weighted by Gasteiger charge is 2.28. The number of halogens is 4. The van der Waals surface area contributed by atoms with Gasteiger partial charge in [0.25, 0.3) is 0 Å². The first-order valence-corrected chi connectivity index (χ1v) is 8.67. The number of aryl methyl sites for hydroxylation is 1. The predicted octanol–water partition coefficient (Wildman–Crippen LogP) is 4.04. The van der Waals surface area contributed by atoms with Gasteiger partial charge < -0.3 is 20.1 Å². The van der Waals surface area contributed by atoms with E-state index in [4.69, 9.17) is 9.47 Å². The summed E-state index contributed by atoms with van der Waals surface area (Å²) < 4.78 is 47.5. The maximum atomic E-state index is 12.4. The molecule has 0 unspecified atom stereocenters. The molecule has 0 heterocycles. The highest BCUT2D eigenvalue weighted by atomic mass is 127. The van der Waals surface area contributed by atoms with Gasteiger partial charge in [0.2, 0.25) is 0 Å². The van der Waals surface area contributed by atoms with Crippen molar-refractivity contribution < 1.29 is 22.6 Å². The van der Waals surface area contributed by atoms with Crippen molar-refractivity contribution in [2.45, 2.75) is 39.4 Å². The van der Waals surface area contributed by atoms with Crippen LogP contribution in [0.2, 0.25) is 0 Å². The monoisotopic (exact) mass is 503 g/mol. The minimum absolute atomic E-state index is 0. The van der Waals surface area contributed by atoms with Gasteiger partial charge in [-0.05, 0) is 38.3 Å². The molecule has 0 saturated heterocycles. The van der Waals surface area contributed by atoms with Crippen LogP contribution in [-0.4, -0.2) is 45.5 Å². The third-order valence-electron chi connectivity index (χ3n) is 3.50. The van der Waals surface area contributed by atoms with Gasteiger partial charge in [0.1, 0.15) is 5.75 Å². The number of unbranched alkanes of at least 4 members (excludes halogenated alkanes) is 1. The Hall–Kier alpha value is -1.23. The standard InChI is InChI=1S/C18H28F3N3O2.HI/c1-4-25-10-6-5-9-23-17(22-3)24-12-15-8-7-14(2)11-16(15)26-13-18(19,20)21;/h7-8,11H,4-6,9-10,12-13H2,1-3H3,(H2,22,23,24);1H. The van der Waals surface area contributed by atoms with E-state index in [0.717, 1.165) is 31.6 Å². The number of hydrogen-bond donors (Lipinski definition) is 2. The summed E-state index contributed by atoms with van der Waals surface area (Å²) in [4.78, 5) is 4.11. The molecule has 27 heavy (non-hydrogen) atoms. The van der Waals surface area contributed by atoms with E-state index in [1.165, 1.54) is 0 Å². The second-order valence-corrected chi connectivity index (χ2v) is 5.77. The van der Waals surface area contributed by atoms with Crippen LogP contribution in [0, 0.1) is 6.92 Å². The van der Waals surface area contributed by atoms with Gasteiger partial charge in [-0.25, -0.2) is 0 Å². The first kappa shape index (κ1) is 25.8. The molecule has 0 aromatic heterocycles. The van der Waals surface area contributed by atoms with Gasteiger partial charge in [-0.2, -0.15) is 13.2 Å². The third-order valence-corrected chi connectivity index (χ3v) is 3.50. The van der Waals surface area contributed by atoms with Crippen LogP contribution >= 0.6 is 24.0 Å². The first-order chi connectivity index (χ1) is 12.4. The predicted molar refractivity (Wildman–Crippen MR) is 112 cm³/mol. The highest BCUT2D eigenvalue weighted by Crippen LogP contribution is 2.23. The molecule has 5 nitrogen and oxygen atoms in total. The zero-order valence-corrected chi connectivity index (χ0v) is 18.3. The molecule has 1 aromatic carbocycles. The fourth-order valence-electron chi connectivity index (χ4n) is 2.18. The molecule has 0 saturated carbocycles. The van der Waals surface area contributed by atoms with Crippen molar-refractivity contribution in [2.24, 2.45) is 4.99 Å². The maximum absolute atomic E-state index is 12.4. The van der Waals surface area contributed by atoms with E-state index in [9.17, 15) is 13.2 Å².